The molecule has 0 heterocycles. The number of benzene rings is 2. The van der Waals surface area contributed by atoms with Gasteiger partial charge < -0.3 is 10.1 Å². The molecule has 0 saturated carbocycles. The zero-order valence-corrected chi connectivity index (χ0v) is 15.2. The Kier molecular flexibility index (Phi) is 5.81. The average molecular weight is 384 g/mol. The van der Waals surface area contributed by atoms with Crippen LogP contribution in [-0.2, 0) is 14.8 Å². The Balaban J connectivity index is 2.05. The molecule has 0 saturated heterocycles. The van der Waals surface area contributed by atoms with Gasteiger partial charge in [0.05, 0.1) is 11.9 Å². The van der Waals surface area contributed by atoms with Crippen LogP contribution in [0, 0.1) is 11.6 Å². The van der Waals surface area contributed by atoms with Gasteiger partial charge in [-0.25, -0.2) is 17.2 Å². The first kappa shape index (κ1) is 19.6. The van der Waals surface area contributed by atoms with Gasteiger partial charge in [0, 0.05) is 7.05 Å². The Labute approximate surface area is 150 Å². The van der Waals surface area contributed by atoms with Gasteiger partial charge in [0.1, 0.15) is 23.1 Å². The minimum absolute atomic E-state index is 0.298. The van der Waals surface area contributed by atoms with Crippen molar-refractivity contribution in [3.63, 3.8) is 0 Å². The molecule has 0 radical (unpaired) electrons. The van der Waals surface area contributed by atoms with Gasteiger partial charge in [-0.3, -0.25) is 9.10 Å². The number of para-hydroxylation sites is 1. The third-order valence-corrected chi connectivity index (χ3v) is 4.80. The molecule has 0 bridgehead atoms. The number of amides is 1. The predicted octanol–water partition coefficient (Wildman–Crippen LogP) is 2.77. The Morgan fingerprint density at radius 1 is 1.12 bits per heavy atom. The second-order valence-electron chi connectivity index (χ2n) is 5.57. The molecule has 0 aromatic heterocycles. The standard InChI is InChI=1S/C17H18F2N2O4S/c1-11(17(22)20-16-14(18)5-4-6-15(16)19)25-13-9-7-12(8-10-13)21(2)26(3,23)24/h4-11H,1-3H3,(H,20,22)/t11-/m0/s1. The minimum Gasteiger partial charge on any atom is -0.481 e. The van der Waals surface area contributed by atoms with Crippen molar-refractivity contribution < 1.29 is 26.7 Å². The number of nitrogens with zero attached hydrogens (tertiary/aromatic N) is 1. The Morgan fingerprint density at radius 2 is 1.65 bits per heavy atom. The van der Waals surface area contributed by atoms with Crippen LogP contribution in [0.1, 0.15) is 6.92 Å². The lowest BCUT2D eigenvalue weighted by Gasteiger charge is -2.18. The summed E-state index contributed by atoms with van der Waals surface area (Å²) in [6, 6.07) is 9.25. The molecule has 2 aromatic carbocycles. The first-order chi connectivity index (χ1) is 12.1. The van der Waals surface area contributed by atoms with Crippen LogP contribution in [0.15, 0.2) is 42.5 Å². The number of carbonyl (C=O) groups is 1. The fourth-order valence-electron chi connectivity index (χ4n) is 2.03. The molecule has 9 heteroatoms. The topological polar surface area (TPSA) is 75.7 Å². The van der Waals surface area contributed by atoms with Crippen LogP contribution in [0.4, 0.5) is 20.2 Å². The molecule has 1 amide bonds. The van der Waals surface area contributed by atoms with E-state index in [1.54, 1.807) is 0 Å². The van der Waals surface area contributed by atoms with Crippen LogP contribution in [0.3, 0.4) is 0 Å². The second-order valence-corrected chi connectivity index (χ2v) is 7.58. The number of hydrogen-bond acceptors (Lipinski definition) is 4. The molecular formula is C17H18F2N2O4S. The van der Waals surface area contributed by atoms with Crippen LogP contribution in [0.25, 0.3) is 0 Å². The van der Waals surface area contributed by atoms with E-state index in [1.165, 1.54) is 44.3 Å². The number of halogens is 2. The maximum Gasteiger partial charge on any atom is 0.265 e. The summed E-state index contributed by atoms with van der Waals surface area (Å²) in [7, 11) is -1.98. The van der Waals surface area contributed by atoms with Crippen molar-refractivity contribution in [3.05, 3.63) is 54.1 Å². The normalized spacial score (nSPS) is 12.3. The zero-order valence-electron chi connectivity index (χ0n) is 14.4. The summed E-state index contributed by atoms with van der Waals surface area (Å²) < 4.78 is 56.6. The van der Waals surface area contributed by atoms with Gasteiger partial charge in [0.2, 0.25) is 10.0 Å². The lowest BCUT2D eigenvalue weighted by Crippen LogP contribution is -2.31. The molecule has 2 aromatic rings. The fraction of sp³-hybridized carbons (Fsp3) is 0.235. The number of carbonyl (C=O) groups excluding carboxylic acids is 1. The molecule has 140 valence electrons. The number of rotatable bonds is 6. The Hall–Kier alpha value is -2.68. The number of sulfonamides is 1. The van der Waals surface area contributed by atoms with E-state index in [-0.39, 0.29) is 0 Å². The van der Waals surface area contributed by atoms with E-state index in [1.807, 2.05) is 0 Å². The van der Waals surface area contributed by atoms with Crippen LogP contribution >= 0.6 is 0 Å². The van der Waals surface area contributed by atoms with Crippen LogP contribution in [-0.4, -0.2) is 33.7 Å². The molecule has 2 rings (SSSR count). The molecule has 0 aliphatic rings. The highest BCUT2D eigenvalue weighted by Crippen LogP contribution is 2.22. The van der Waals surface area contributed by atoms with Crippen molar-refractivity contribution in [2.75, 3.05) is 22.9 Å². The second kappa shape index (κ2) is 7.69. The van der Waals surface area contributed by atoms with E-state index in [0.717, 1.165) is 22.7 Å². The molecule has 1 atom stereocenters. The summed E-state index contributed by atoms with van der Waals surface area (Å²) in [5.74, 6) is -2.21. The van der Waals surface area contributed by atoms with Gasteiger partial charge >= 0.3 is 0 Å². The average Bonchev–Trinajstić information content (AvgIpc) is 2.57. The molecule has 6 nitrogen and oxygen atoms in total. The van der Waals surface area contributed by atoms with E-state index in [9.17, 15) is 22.0 Å². The van der Waals surface area contributed by atoms with Crippen LogP contribution in [0.2, 0.25) is 0 Å². The van der Waals surface area contributed by atoms with Gasteiger partial charge in [0.25, 0.3) is 5.91 Å². The number of nitrogens with one attached hydrogen (secondary N) is 1. The third kappa shape index (κ3) is 4.69. The first-order valence-electron chi connectivity index (χ1n) is 7.55. The Morgan fingerprint density at radius 3 is 2.15 bits per heavy atom. The fourth-order valence-corrected chi connectivity index (χ4v) is 2.53. The van der Waals surface area contributed by atoms with E-state index >= 15 is 0 Å². The molecule has 1 N–H and O–H groups in total. The summed E-state index contributed by atoms with van der Waals surface area (Å²) >= 11 is 0. The summed E-state index contributed by atoms with van der Waals surface area (Å²) in [5.41, 5.74) is -0.122. The first-order valence-corrected chi connectivity index (χ1v) is 9.40. The van der Waals surface area contributed by atoms with Crippen molar-refractivity contribution in [1.29, 1.82) is 0 Å². The molecule has 0 aliphatic heterocycles. The molecule has 0 aliphatic carbocycles. The van der Waals surface area contributed by atoms with Crippen molar-refractivity contribution in [2.24, 2.45) is 0 Å². The SMILES string of the molecule is C[C@H](Oc1ccc(N(C)S(C)(=O)=O)cc1)C(=O)Nc1c(F)cccc1F. The summed E-state index contributed by atoms with van der Waals surface area (Å²) in [6.07, 6.45) is 0.0403. The number of anilines is 2. The molecule has 0 fully saturated rings. The highest BCUT2D eigenvalue weighted by Gasteiger charge is 2.19. The van der Waals surface area contributed by atoms with Crippen molar-refractivity contribution in [1.82, 2.24) is 0 Å². The van der Waals surface area contributed by atoms with E-state index in [2.05, 4.69) is 5.32 Å². The summed E-state index contributed by atoms with van der Waals surface area (Å²) in [6.45, 7) is 1.42. The van der Waals surface area contributed by atoms with Crippen LogP contribution in [0.5, 0.6) is 5.75 Å². The lowest BCUT2D eigenvalue weighted by molar-refractivity contribution is -0.122. The van der Waals surface area contributed by atoms with Gasteiger partial charge in [-0.1, -0.05) is 6.07 Å². The van der Waals surface area contributed by atoms with Crippen LogP contribution < -0.4 is 14.4 Å². The smallest absolute Gasteiger partial charge is 0.265 e. The molecule has 0 spiro atoms. The van der Waals surface area contributed by atoms with Crippen molar-refractivity contribution in [2.45, 2.75) is 13.0 Å². The Bertz CT molecular complexity index is 881. The van der Waals surface area contributed by atoms with Gasteiger partial charge in [-0.2, -0.15) is 0 Å². The van der Waals surface area contributed by atoms with Gasteiger partial charge in [-0.05, 0) is 43.3 Å². The van der Waals surface area contributed by atoms with E-state index in [0.29, 0.717) is 11.4 Å². The van der Waals surface area contributed by atoms with Gasteiger partial charge in [0.15, 0.2) is 6.10 Å². The highest BCUT2D eigenvalue weighted by molar-refractivity contribution is 7.92. The van der Waals surface area contributed by atoms with E-state index < -0.39 is 39.4 Å². The van der Waals surface area contributed by atoms with Gasteiger partial charge in [-0.15, -0.1) is 0 Å². The maximum atomic E-state index is 13.6. The number of ether oxygens (including phenoxy) is 1. The third-order valence-electron chi connectivity index (χ3n) is 3.59. The molecule has 26 heavy (non-hydrogen) atoms. The number of hydrogen-bond donors (Lipinski definition) is 1. The van der Waals surface area contributed by atoms with Crippen molar-refractivity contribution in [3.8, 4) is 5.75 Å². The quantitative estimate of drug-likeness (QED) is 0.831. The van der Waals surface area contributed by atoms with Crippen molar-refractivity contribution >= 4 is 27.3 Å². The summed E-state index contributed by atoms with van der Waals surface area (Å²) in [5, 5.41) is 2.15. The highest BCUT2D eigenvalue weighted by atomic mass is 32.2. The maximum absolute atomic E-state index is 13.6. The zero-order chi connectivity index (χ0) is 19.5. The minimum atomic E-state index is -3.39. The largest absolute Gasteiger partial charge is 0.481 e. The van der Waals surface area contributed by atoms with E-state index in [4.69, 9.17) is 4.74 Å². The lowest BCUT2D eigenvalue weighted by atomic mass is 10.2. The predicted molar refractivity (Wildman–Crippen MR) is 94.8 cm³/mol. The monoisotopic (exact) mass is 384 g/mol. The molecular weight excluding hydrogens is 366 g/mol. The summed E-state index contributed by atoms with van der Waals surface area (Å²) in [4.78, 5) is 12.1. The molecule has 0 unspecified atom stereocenters.